The first-order valence-corrected chi connectivity index (χ1v) is 10.4. The van der Waals surface area contributed by atoms with Crippen molar-refractivity contribution < 1.29 is 13.2 Å². The van der Waals surface area contributed by atoms with Crippen LogP contribution in [-0.2, 0) is 20.2 Å². The normalized spacial score (nSPS) is 20.6. The van der Waals surface area contributed by atoms with Crippen molar-refractivity contribution in [1.82, 2.24) is 4.31 Å². The lowest BCUT2D eigenvalue weighted by molar-refractivity contribution is -0.121. The number of carbonyl (C=O) groups excluding carboxylic acids is 1. The Kier molecular flexibility index (Phi) is 4.24. The van der Waals surface area contributed by atoms with Crippen molar-refractivity contribution in [3.05, 3.63) is 29.3 Å². The molecule has 24 heavy (non-hydrogen) atoms. The highest BCUT2D eigenvalue weighted by Crippen LogP contribution is 2.48. The van der Waals surface area contributed by atoms with Crippen LogP contribution < -0.4 is 4.90 Å². The van der Waals surface area contributed by atoms with Crippen molar-refractivity contribution in [3.8, 4) is 0 Å². The van der Waals surface area contributed by atoms with E-state index in [-0.39, 0.29) is 17.2 Å². The molecule has 132 valence electrons. The summed E-state index contributed by atoms with van der Waals surface area (Å²) < 4.78 is 25.2. The number of amides is 1. The largest absolute Gasteiger partial charge is 0.311 e. The number of hydrogen-bond donors (Lipinski definition) is 0. The number of carbonyl (C=O) groups is 1. The number of hydrogen-bond acceptors (Lipinski definition) is 3. The van der Waals surface area contributed by atoms with E-state index >= 15 is 0 Å². The summed E-state index contributed by atoms with van der Waals surface area (Å²) in [4.78, 5) is 14.6. The number of rotatable bonds is 2. The molecule has 2 heterocycles. The molecule has 3 rings (SSSR count). The summed E-state index contributed by atoms with van der Waals surface area (Å²) in [6.45, 7) is 7.62. The van der Waals surface area contributed by atoms with E-state index in [0.29, 0.717) is 19.6 Å². The second-order valence-corrected chi connectivity index (χ2v) is 9.52. The highest BCUT2D eigenvalue weighted by atomic mass is 32.2. The fourth-order valence-electron chi connectivity index (χ4n) is 3.96. The Morgan fingerprint density at radius 3 is 2.38 bits per heavy atom. The molecule has 5 nitrogen and oxygen atoms in total. The molecule has 2 aliphatic heterocycles. The summed E-state index contributed by atoms with van der Waals surface area (Å²) in [5, 5.41) is 0. The van der Waals surface area contributed by atoms with E-state index in [0.717, 1.165) is 18.5 Å². The predicted molar refractivity (Wildman–Crippen MR) is 95.7 cm³/mol. The zero-order valence-electron chi connectivity index (χ0n) is 14.9. The first kappa shape index (κ1) is 17.4. The van der Waals surface area contributed by atoms with Gasteiger partial charge in [-0.05, 0) is 31.4 Å². The summed E-state index contributed by atoms with van der Waals surface area (Å²) in [5.74, 6) is 0.0907. The van der Waals surface area contributed by atoms with Gasteiger partial charge in [0.05, 0.1) is 6.26 Å². The van der Waals surface area contributed by atoms with Gasteiger partial charge in [-0.1, -0.05) is 31.5 Å². The zero-order chi connectivity index (χ0) is 17.7. The molecular formula is C18H26N2O3S. The molecule has 0 unspecified atom stereocenters. The molecular weight excluding hydrogens is 324 g/mol. The van der Waals surface area contributed by atoms with Crippen molar-refractivity contribution in [3.63, 3.8) is 0 Å². The maximum atomic E-state index is 12.7. The van der Waals surface area contributed by atoms with E-state index in [1.165, 1.54) is 17.4 Å². The maximum absolute atomic E-state index is 12.7. The molecule has 0 bridgehead atoms. The Bertz CT molecular complexity index is 762. The second kappa shape index (κ2) is 5.85. The van der Waals surface area contributed by atoms with Gasteiger partial charge in [0.1, 0.15) is 0 Å². The third-order valence-electron chi connectivity index (χ3n) is 5.38. The van der Waals surface area contributed by atoms with Crippen LogP contribution in [0.4, 0.5) is 5.69 Å². The van der Waals surface area contributed by atoms with E-state index in [2.05, 4.69) is 13.0 Å². The maximum Gasteiger partial charge on any atom is 0.229 e. The van der Waals surface area contributed by atoms with Crippen molar-refractivity contribution >= 4 is 21.6 Å². The lowest BCUT2D eigenvalue weighted by Crippen LogP contribution is -2.47. The van der Waals surface area contributed by atoms with Crippen molar-refractivity contribution in [2.75, 3.05) is 30.8 Å². The summed E-state index contributed by atoms with van der Waals surface area (Å²) >= 11 is 0. The van der Waals surface area contributed by atoms with E-state index in [1.807, 2.05) is 30.9 Å². The minimum absolute atomic E-state index is 0.0505. The Morgan fingerprint density at radius 1 is 1.21 bits per heavy atom. The number of fused-ring (bicyclic) bond motifs is 2. The summed E-state index contributed by atoms with van der Waals surface area (Å²) in [5.41, 5.74) is 3.28. The standard InChI is InChI=1S/C18H26N2O3S/c1-13(2)17(21)20-12-18(15-11-14(3)5-6-16(15)20)7-9-19(10-8-18)24(4,22)23/h5-6,11,13H,7-10,12H2,1-4H3. The fraction of sp³-hybridized carbons (Fsp3) is 0.611. The molecule has 1 saturated heterocycles. The minimum atomic E-state index is -3.15. The molecule has 0 N–H and O–H groups in total. The molecule has 0 radical (unpaired) electrons. The summed E-state index contributed by atoms with van der Waals surface area (Å²) in [6.07, 6.45) is 2.79. The number of benzene rings is 1. The van der Waals surface area contributed by atoms with E-state index in [4.69, 9.17) is 0 Å². The van der Waals surface area contributed by atoms with Crippen LogP contribution in [0, 0.1) is 12.8 Å². The molecule has 0 aromatic heterocycles. The number of anilines is 1. The van der Waals surface area contributed by atoms with Crippen LogP contribution in [-0.4, -0.2) is 44.5 Å². The molecule has 0 saturated carbocycles. The lowest BCUT2D eigenvalue weighted by atomic mass is 9.74. The van der Waals surface area contributed by atoms with Gasteiger partial charge in [-0.15, -0.1) is 0 Å². The van der Waals surface area contributed by atoms with Crippen LogP contribution in [0.15, 0.2) is 18.2 Å². The molecule has 1 amide bonds. The van der Waals surface area contributed by atoms with Gasteiger partial charge in [0.15, 0.2) is 0 Å². The van der Waals surface area contributed by atoms with Crippen molar-refractivity contribution in [1.29, 1.82) is 0 Å². The molecule has 0 atom stereocenters. The van der Waals surface area contributed by atoms with Gasteiger partial charge >= 0.3 is 0 Å². The molecule has 1 fully saturated rings. The fourth-order valence-corrected chi connectivity index (χ4v) is 4.81. The van der Waals surface area contributed by atoms with Gasteiger partial charge in [0, 0.05) is 36.7 Å². The number of piperidine rings is 1. The van der Waals surface area contributed by atoms with Crippen LogP contribution in [0.25, 0.3) is 0 Å². The first-order valence-electron chi connectivity index (χ1n) is 8.52. The minimum Gasteiger partial charge on any atom is -0.311 e. The average molecular weight is 350 g/mol. The van der Waals surface area contributed by atoms with Crippen molar-refractivity contribution in [2.45, 2.75) is 39.0 Å². The average Bonchev–Trinajstić information content (AvgIpc) is 2.80. The van der Waals surface area contributed by atoms with Crippen LogP contribution >= 0.6 is 0 Å². The molecule has 1 aromatic rings. The Labute approximate surface area is 144 Å². The van der Waals surface area contributed by atoms with Gasteiger partial charge < -0.3 is 4.90 Å². The Morgan fingerprint density at radius 2 is 1.83 bits per heavy atom. The van der Waals surface area contributed by atoms with Crippen LogP contribution in [0.1, 0.15) is 37.8 Å². The third kappa shape index (κ3) is 2.86. The van der Waals surface area contributed by atoms with Crippen molar-refractivity contribution in [2.24, 2.45) is 5.92 Å². The lowest BCUT2D eigenvalue weighted by Gasteiger charge is -2.39. The van der Waals surface area contributed by atoms with Gasteiger partial charge in [-0.2, -0.15) is 0 Å². The highest BCUT2D eigenvalue weighted by molar-refractivity contribution is 7.88. The SMILES string of the molecule is Cc1ccc2c(c1)C1(CCN(S(C)(=O)=O)CC1)CN2C(=O)C(C)C. The van der Waals surface area contributed by atoms with E-state index in [1.54, 1.807) is 4.31 Å². The Balaban J connectivity index is 1.97. The van der Waals surface area contributed by atoms with E-state index < -0.39 is 10.0 Å². The van der Waals surface area contributed by atoms with Crippen LogP contribution in [0.3, 0.4) is 0 Å². The van der Waals surface area contributed by atoms with Crippen LogP contribution in [0.5, 0.6) is 0 Å². The quantitative estimate of drug-likeness (QED) is 0.822. The van der Waals surface area contributed by atoms with Gasteiger partial charge in [0.25, 0.3) is 0 Å². The summed E-state index contributed by atoms with van der Waals surface area (Å²) in [7, 11) is -3.15. The second-order valence-electron chi connectivity index (χ2n) is 7.54. The van der Waals surface area contributed by atoms with Gasteiger partial charge in [0.2, 0.25) is 15.9 Å². The summed E-state index contributed by atoms with van der Waals surface area (Å²) in [6, 6.07) is 6.27. The predicted octanol–water partition coefficient (Wildman–Crippen LogP) is 2.29. The highest BCUT2D eigenvalue weighted by Gasteiger charge is 2.47. The molecule has 1 spiro atoms. The topological polar surface area (TPSA) is 57.7 Å². The third-order valence-corrected chi connectivity index (χ3v) is 6.69. The monoisotopic (exact) mass is 350 g/mol. The molecule has 2 aliphatic rings. The van der Waals surface area contributed by atoms with E-state index in [9.17, 15) is 13.2 Å². The van der Waals surface area contributed by atoms with Gasteiger partial charge in [-0.25, -0.2) is 12.7 Å². The number of nitrogens with zero attached hydrogens (tertiary/aromatic N) is 2. The zero-order valence-corrected chi connectivity index (χ0v) is 15.7. The molecule has 6 heteroatoms. The van der Waals surface area contributed by atoms with Crippen LogP contribution in [0.2, 0.25) is 0 Å². The van der Waals surface area contributed by atoms with Gasteiger partial charge in [-0.3, -0.25) is 4.79 Å². The Hall–Kier alpha value is -1.40. The smallest absolute Gasteiger partial charge is 0.229 e. The number of sulfonamides is 1. The first-order chi connectivity index (χ1) is 11.1. The number of aryl methyl sites for hydroxylation is 1. The molecule has 1 aromatic carbocycles. The molecule has 0 aliphatic carbocycles.